The van der Waals surface area contributed by atoms with Crippen LogP contribution in [0.4, 0.5) is 5.88 Å². The molecule has 3 aromatic heterocycles. The Balaban J connectivity index is 1.50. The topological polar surface area (TPSA) is 98.2 Å². The number of fused-ring (bicyclic) bond motifs is 1. The maximum Gasteiger partial charge on any atom is 0.237 e. The van der Waals surface area contributed by atoms with Gasteiger partial charge in [0.05, 0.1) is 17.1 Å². The molecule has 3 heterocycles. The van der Waals surface area contributed by atoms with Crippen molar-refractivity contribution >= 4 is 29.2 Å². The number of aromatic nitrogens is 5. The van der Waals surface area contributed by atoms with E-state index in [9.17, 15) is 4.79 Å². The third-order valence-electron chi connectivity index (χ3n) is 3.80. The summed E-state index contributed by atoms with van der Waals surface area (Å²) in [5, 5.41) is 19.8. The van der Waals surface area contributed by atoms with Crippen LogP contribution in [0.5, 0.6) is 0 Å². The van der Waals surface area contributed by atoms with Gasteiger partial charge >= 0.3 is 0 Å². The summed E-state index contributed by atoms with van der Waals surface area (Å²) in [6, 6.07) is 13.5. The van der Waals surface area contributed by atoms with E-state index in [1.54, 1.807) is 17.5 Å². The third kappa shape index (κ3) is 3.82. The molecule has 1 aromatic carbocycles. The Morgan fingerprint density at radius 1 is 1.15 bits per heavy atom. The summed E-state index contributed by atoms with van der Waals surface area (Å²) in [5.41, 5.74) is 4.33. The van der Waals surface area contributed by atoms with E-state index >= 15 is 0 Å². The van der Waals surface area contributed by atoms with Crippen molar-refractivity contribution in [3.63, 3.8) is 0 Å². The number of nitrogens with one attached hydrogen (secondary N) is 1. The second kappa shape index (κ2) is 7.20. The Labute approximate surface area is 159 Å². The highest BCUT2D eigenvalue weighted by molar-refractivity contribution is 7.99. The maximum absolute atomic E-state index is 12.1. The van der Waals surface area contributed by atoms with Gasteiger partial charge in [0.15, 0.2) is 5.65 Å². The molecule has 0 atom stereocenters. The standard InChI is InChI=1S/C18H16N6O2S/c1-11-3-5-13(6-4-11)14-7-8-15-20-21-18(24(15)22-14)27-10-16(25)19-17-9-12(2)23-26-17/h3-9H,10H2,1-2H3,(H,19,25). The molecular weight excluding hydrogens is 364 g/mol. The number of hydrogen-bond acceptors (Lipinski definition) is 7. The largest absolute Gasteiger partial charge is 0.338 e. The van der Waals surface area contributed by atoms with Crippen molar-refractivity contribution in [2.75, 3.05) is 11.1 Å². The minimum Gasteiger partial charge on any atom is -0.338 e. The van der Waals surface area contributed by atoms with Crippen molar-refractivity contribution in [1.29, 1.82) is 0 Å². The van der Waals surface area contributed by atoms with Gasteiger partial charge in [0, 0.05) is 11.6 Å². The molecule has 0 saturated heterocycles. The Morgan fingerprint density at radius 2 is 1.96 bits per heavy atom. The van der Waals surface area contributed by atoms with Crippen LogP contribution in [-0.2, 0) is 4.79 Å². The number of benzene rings is 1. The Bertz CT molecular complexity index is 1100. The lowest BCUT2D eigenvalue weighted by molar-refractivity contribution is -0.113. The van der Waals surface area contributed by atoms with Crippen LogP contribution >= 0.6 is 11.8 Å². The molecule has 0 aliphatic carbocycles. The molecule has 1 amide bonds. The number of hydrogen-bond donors (Lipinski definition) is 1. The molecule has 0 spiro atoms. The molecule has 0 aliphatic heterocycles. The second-order valence-corrected chi connectivity index (χ2v) is 6.95. The lowest BCUT2D eigenvalue weighted by Crippen LogP contribution is -2.13. The first kappa shape index (κ1) is 17.2. The minimum absolute atomic E-state index is 0.150. The number of carbonyl (C=O) groups is 1. The van der Waals surface area contributed by atoms with Crippen LogP contribution in [0.15, 0.2) is 52.1 Å². The van der Waals surface area contributed by atoms with Gasteiger partial charge in [-0.1, -0.05) is 46.7 Å². The Morgan fingerprint density at radius 3 is 2.70 bits per heavy atom. The molecule has 0 bridgehead atoms. The molecule has 0 aliphatic rings. The quantitative estimate of drug-likeness (QED) is 0.531. The number of carbonyl (C=O) groups excluding carboxylic acids is 1. The van der Waals surface area contributed by atoms with Crippen LogP contribution in [-0.4, -0.2) is 36.6 Å². The van der Waals surface area contributed by atoms with Crippen molar-refractivity contribution in [2.24, 2.45) is 0 Å². The number of rotatable bonds is 5. The summed E-state index contributed by atoms with van der Waals surface area (Å²) in [6.07, 6.45) is 0. The zero-order chi connectivity index (χ0) is 18.8. The van der Waals surface area contributed by atoms with E-state index in [0.717, 1.165) is 11.3 Å². The molecular formula is C18H16N6O2S. The predicted octanol–water partition coefficient (Wildman–Crippen LogP) is 3.13. The zero-order valence-electron chi connectivity index (χ0n) is 14.7. The van der Waals surface area contributed by atoms with Gasteiger partial charge < -0.3 is 4.52 Å². The number of aryl methyl sites for hydroxylation is 2. The van der Waals surface area contributed by atoms with Gasteiger partial charge in [-0.3, -0.25) is 10.1 Å². The van der Waals surface area contributed by atoms with Crippen LogP contribution in [0.2, 0.25) is 0 Å². The van der Waals surface area contributed by atoms with Gasteiger partial charge in [-0.25, -0.2) is 0 Å². The van der Waals surface area contributed by atoms with Gasteiger partial charge in [-0.15, -0.1) is 10.2 Å². The molecule has 8 nitrogen and oxygen atoms in total. The minimum atomic E-state index is -0.220. The number of thioether (sulfide) groups is 1. The van der Waals surface area contributed by atoms with E-state index in [0.29, 0.717) is 22.4 Å². The number of anilines is 1. The predicted molar refractivity (Wildman–Crippen MR) is 102 cm³/mol. The Hall–Kier alpha value is -3.20. The summed E-state index contributed by atoms with van der Waals surface area (Å²) in [7, 11) is 0. The smallest absolute Gasteiger partial charge is 0.237 e. The van der Waals surface area contributed by atoms with Gasteiger partial charge in [0.1, 0.15) is 0 Å². The lowest BCUT2D eigenvalue weighted by Gasteiger charge is -2.04. The van der Waals surface area contributed by atoms with Crippen LogP contribution in [0.25, 0.3) is 16.9 Å². The van der Waals surface area contributed by atoms with Gasteiger partial charge in [0.2, 0.25) is 16.9 Å². The number of nitrogens with zero attached hydrogens (tertiary/aromatic N) is 5. The molecule has 4 rings (SSSR count). The molecule has 0 unspecified atom stereocenters. The normalized spacial score (nSPS) is 11.0. The average molecular weight is 380 g/mol. The van der Waals surface area contributed by atoms with Crippen LogP contribution in [0.3, 0.4) is 0 Å². The van der Waals surface area contributed by atoms with Crippen molar-refractivity contribution < 1.29 is 9.32 Å². The van der Waals surface area contributed by atoms with Gasteiger partial charge in [-0.05, 0) is 26.0 Å². The van der Waals surface area contributed by atoms with E-state index < -0.39 is 0 Å². The van der Waals surface area contributed by atoms with E-state index in [4.69, 9.17) is 4.52 Å². The van der Waals surface area contributed by atoms with Crippen molar-refractivity contribution in [3.05, 3.63) is 53.7 Å². The van der Waals surface area contributed by atoms with Crippen LogP contribution in [0, 0.1) is 13.8 Å². The first-order valence-corrected chi connectivity index (χ1v) is 9.22. The molecule has 0 saturated carbocycles. The lowest BCUT2D eigenvalue weighted by atomic mass is 10.1. The van der Waals surface area contributed by atoms with Crippen LogP contribution in [0.1, 0.15) is 11.3 Å². The van der Waals surface area contributed by atoms with Crippen molar-refractivity contribution in [1.82, 2.24) is 25.0 Å². The highest BCUT2D eigenvalue weighted by Crippen LogP contribution is 2.21. The highest BCUT2D eigenvalue weighted by Gasteiger charge is 2.13. The molecule has 4 aromatic rings. The monoisotopic (exact) mass is 380 g/mol. The first-order chi connectivity index (χ1) is 13.1. The zero-order valence-corrected chi connectivity index (χ0v) is 15.5. The molecule has 1 N–H and O–H groups in total. The summed E-state index contributed by atoms with van der Waals surface area (Å²) < 4.78 is 6.62. The summed E-state index contributed by atoms with van der Waals surface area (Å²) >= 11 is 1.25. The molecule has 0 radical (unpaired) electrons. The second-order valence-electron chi connectivity index (χ2n) is 6.01. The molecule has 136 valence electrons. The first-order valence-electron chi connectivity index (χ1n) is 8.24. The average Bonchev–Trinajstić information content (AvgIpc) is 3.26. The SMILES string of the molecule is Cc1ccc(-c2ccc3nnc(SCC(=O)Nc4cc(C)no4)n3n2)cc1. The van der Waals surface area contributed by atoms with E-state index in [2.05, 4.69) is 25.8 Å². The fourth-order valence-electron chi connectivity index (χ4n) is 2.46. The molecule has 9 heteroatoms. The summed E-state index contributed by atoms with van der Waals surface area (Å²) in [4.78, 5) is 12.1. The van der Waals surface area contributed by atoms with Gasteiger partial charge in [0.25, 0.3) is 0 Å². The van der Waals surface area contributed by atoms with E-state index in [-0.39, 0.29) is 11.7 Å². The fourth-order valence-corrected chi connectivity index (χ4v) is 3.15. The van der Waals surface area contributed by atoms with Crippen LogP contribution < -0.4 is 5.32 Å². The highest BCUT2D eigenvalue weighted by atomic mass is 32.2. The van der Waals surface area contributed by atoms with Gasteiger partial charge in [-0.2, -0.15) is 9.61 Å². The number of amides is 1. The van der Waals surface area contributed by atoms with E-state index in [1.165, 1.54) is 17.3 Å². The van der Waals surface area contributed by atoms with Crippen molar-refractivity contribution in [3.8, 4) is 11.3 Å². The summed E-state index contributed by atoms with van der Waals surface area (Å²) in [5.74, 6) is 0.253. The maximum atomic E-state index is 12.1. The van der Waals surface area contributed by atoms with Crippen molar-refractivity contribution in [2.45, 2.75) is 19.0 Å². The van der Waals surface area contributed by atoms with E-state index in [1.807, 2.05) is 43.3 Å². The fraction of sp³-hybridized carbons (Fsp3) is 0.167. The molecule has 27 heavy (non-hydrogen) atoms. The molecule has 0 fully saturated rings. The Kier molecular flexibility index (Phi) is 4.59. The summed E-state index contributed by atoms with van der Waals surface area (Å²) in [6.45, 7) is 3.83. The third-order valence-corrected chi connectivity index (χ3v) is 4.72.